The Morgan fingerprint density at radius 3 is 2.50 bits per heavy atom. The molecule has 0 aliphatic carbocycles. The number of rotatable bonds is 3. The van der Waals surface area contributed by atoms with Crippen LogP contribution in [0.5, 0.6) is 17.2 Å². The number of pyridine rings is 1. The normalized spacial score (nSPS) is 9.81. The Labute approximate surface area is 93.6 Å². The number of ether oxygens (including phenoxy) is 2. The topological polar surface area (TPSA) is 57.4 Å². The van der Waals surface area contributed by atoms with E-state index in [1.807, 2.05) is 0 Å². The van der Waals surface area contributed by atoms with E-state index in [9.17, 15) is 0 Å². The van der Waals surface area contributed by atoms with Crippen molar-refractivity contribution in [3.8, 4) is 17.2 Å². The molecule has 4 nitrogen and oxygen atoms in total. The standard InChI is InChI=1S/C12H12N2O2/c1-15-10-2-3-11(13)12(8-10)16-9-4-6-14-7-5-9/h2-8H,13H2,1H3. The van der Waals surface area contributed by atoms with E-state index in [4.69, 9.17) is 15.2 Å². The summed E-state index contributed by atoms with van der Waals surface area (Å²) in [6.45, 7) is 0. The van der Waals surface area contributed by atoms with Gasteiger partial charge in [-0.15, -0.1) is 0 Å². The monoisotopic (exact) mass is 216 g/mol. The second kappa shape index (κ2) is 4.53. The van der Waals surface area contributed by atoms with Crippen molar-refractivity contribution in [2.75, 3.05) is 12.8 Å². The van der Waals surface area contributed by atoms with Gasteiger partial charge < -0.3 is 15.2 Å². The van der Waals surface area contributed by atoms with Crippen LogP contribution in [0.1, 0.15) is 0 Å². The van der Waals surface area contributed by atoms with Crippen molar-refractivity contribution < 1.29 is 9.47 Å². The summed E-state index contributed by atoms with van der Waals surface area (Å²) < 4.78 is 10.7. The lowest BCUT2D eigenvalue weighted by atomic mass is 10.3. The molecule has 0 aliphatic heterocycles. The van der Waals surface area contributed by atoms with E-state index in [0.717, 1.165) is 0 Å². The first-order valence-electron chi connectivity index (χ1n) is 4.81. The van der Waals surface area contributed by atoms with Gasteiger partial charge in [0.15, 0.2) is 5.75 Å². The molecule has 0 bridgehead atoms. The fourth-order valence-corrected chi connectivity index (χ4v) is 1.26. The molecule has 2 rings (SSSR count). The smallest absolute Gasteiger partial charge is 0.153 e. The first kappa shape index (κ1) is 10.3. The maximum atomic E-state index is 5.80. The second-order valence-electron chi connectivity index (χ2n) is 3.19. The number of aromatic nitrogens is 1. The SMILES string of the molecule is COc1ccc(N)c(Oc2ccncc2)c1. The number of hydrogen-bond donors (Lipinski definition) is 1. The fourth-order valence-electron chi connectivity index (χ4n) is 1.26. The van der Waals surface area contributed by atoms with Gasteiger partial charge in [-0.25, -0.2) is 0 Å². The van der Waals surface area contributed by atoms with Crippen molar-refractivity contribution in [1.82, 2.24) is 4.98 Å². The fraction of sp³-hybridized carbons (Fsp3) is 0.0833. The molecule has 2 N–H and O–H groups in total. The van der Waals surface area contributed by atoms with E-state index in [2.05, 4.69) is 4.98 Å². The van der Waals surface area contributed by atoms with Crippen LogP contribution in [0.15, 0.2) is 42.7 Å². The Hall–Kier alpha value is -2.23. The summed E-state index contributed by atoms with van der Waals surface area (Å²) in [6, 6.07) is 8.80. The Kier molecular flexibility index (Phi) is 2.91. The molecule has 1 aromatic heterocycles. The van der Waals surface area contributed by atoms with Crippen LogP contribution in [-0.4, -0.2) is 12.1 Å². The van der Waals surface area contributed by atoms with Crippen LogP contribution in [0, 0.1) is 0 Å². The van der Waals surface area contributed by atoms with Crippen molar-refractivity contribution in [3.05, 3.63) is 42.7 Å². The van der Waals surface area contributed by atoms with E-state index in [1.165, 1.54) is 0 Å². The number of nitrogens with zero attached hydrogens (tertiary/aromatic N) is 1. The van der Waals surface area contributed by atoms with E-state index >= 15 is 0 Å². The summed E-state index contributed by atoms with van der Waals surface area (Å²) >= 11 is 0. The van der Waals surface area contributed by atoms with Gasteiger partial charge >= 0.3 is 0 Å². The molecule has 0 amide bonds. The zero-order valence-electron chi connectivity index (χ0n) is 8.88. The van der Waals surface area contributed by atoms with Gasteiger partial charge in [-0.1, -0.05) is 0 Å². The van der Waals surface area contributed by atoms with Gasteiger partial charge in [0.2, 0.25) is 0 Å². The van der Waals surface area contributed by atoms with Gasteiger partial charge in [-0.3, -0.25) is 4.98 Å². The van der Waals surface area contributed by atoms with E-state index < -0.39 is 0 Å². The summed E-state index contributed by atoms with van der Waals surface area (Å²) in [5, 5.41) is 0. The third-order valence-electron chi connectivity index (χ3n) is 2.10. The molecule has 0 aliphatic rings. The Morgan fingerprint density at radius 1 is 1.06 bits per heavy atom. The predicted molar refractivity (Wildman–Crippen MR) is 61.7 cm³/mol. The minimum absolute atomic E-state index is 0.567. The molecule has 0 unspecified atom stereocenters. The van der Waals surface area contributed by atoms with E-state index in [-0.39, 0.29) is 0 Å². The molecule has 0 fully saturated rings. The van der Waals surface area contributed by atoms with E-state index in [1.54, 1.807) is 49.8 Å². The summed E-state index contributed by atoms with van der Waals surface area (Å²) in [4.78, 5) is 3.91. The molecule has 1 aromatic carbocycles. The third kappa shape index (κ3) is 2.23. The number of methoxy groups -OCH3 is 1. The molecule has 0 radical (unpaired) electrons. The van der Waals surface area contributed by atoms with Crippen molar-refractivity contribution in [2.24, 2.45) is 0 Å². The van der Waals surface area contributed by atoms with E-state index in [0.29, 0.717) is 22.9 Å². The summed E-state index contributed by atoms with van der Waals surface area (Å²) in [7, 11) is 1.60. The highest BCUT2D eigenvalue weighted by Crippen LogP contribution is 2.30. The lowest BCUT2D eigenvalue weighted by molar-refractivity contribution is 0.409. The zero-order chi connectivity index (χ0) is 11.4. The summed E-state index contributed by atoms with van der Waals surface area (Å²) in [5.41, 5.74) is 6.36. The number of hydrogen-bond acceptors (Lipinski definition) is 4. The number of nitrogens with two attached hydrogens (primary N) is 1. The van der Waals surface area contributed by atoms with Crippen molar-refractivity contribution >= 4 is 5.69 Å². The van der Waals surface area contributed by atoms with Crippen LogP contribution in [0.3, 0.4) is 0 Å². The molecule has 0 saturated heterocycles. The van der Waals surface area contributed by atoms with Crippen molar-refractivity contribution in [3.63, 3.8) is 0 Å². The molecular formula is C12H12N2O2. The number of nitrogen functional groups attached to an aromatic ring is 1. The zero-order valence-corrected chi connectivity index (χ0v) is 8.88. The summed E-state index contributed by atoms with van der Waals surface area (Å²) in [5.74, 6) is 1.97. The molecule has 0 atom stereocenters. The molecular weight excluding hydrogens is 204 g/mol. The van der Waals surface area contributed by atoms with Gasteiger partial charge in [0.1, 0.15) is 11.5 Å². The van der Waals surface area contributed by atoms with Crippen LogP contribution in [0.4, 0.5) is 5.69 Å². The largest absolute Gasteiger partial charge is 0.497 e. The second-order valence-corrected chi connectivity index (χ2v) is 3.19. The predicted octanol–water partition coefficient (Wildman–Crippen LogP) is 2.46. The molecule has 4 heteroatoms. The minimum Gasteiger partial charge on any atom is -0.497 e. The molecule has 0 saturated carbocycles. The lowest BCUT2D eigenvalue weighted by Crippen LogP contribution is -1.93. The highest BCUT2D eigenvalue weighted by atomic mass is 16.5. The third-order valence-corrected chi connectivity index (χ3v) is 2.10. The van der Waals surface area contributed by atoms with Crippen LogP contribution in [0.2, 0.25) is 0 Å². The average molecular weight is 216 g/mol. The number of anilines is 1. The van der Waals surface area contributed by atoms with Gasteiger partial charge in [0, 0.05) is 18.5 Å². The Morgan fingerprint density at radius 2 is 1.81 bits per heavy atom. The quantitative estimate of drug-likeness (QED) is 0.801. The van der Waals surface area contributed by atoms with Gasteiger partial charge in [-0.2, -0.15) is 0 Å². The average Bonchev–Trinajstić information content (AvgIpc) is 2.33. The highest BCUT2D eigenvalue weighted by Gasteiger charge is 2.03. The molecule has 1 heterocycles. The lowest BCUT2D eigenvalue weighted by Gasteiger charge is -2.09. The minimum atomic E-state index is 0.567. The molecule has 82 valence electrons. The molecule has 2 aromatic rings. The van der Waals surface area contributed by atoms with Gasteiger partial charge in [0.25, 0.3) is 0 Å². The van der Waals surface area contributed by atoms with Crippen LogP contribution in [-0.2, 0) is 0 Å². The first-order valence-corrected chi connectivity index (χ1v) is 4.81. The molecule has 16 heavy (non-hydrogen) atoms. The van der Waals surface area contributed by atoms with Gasteiger partial charge in [-0.05, 0) is 24.3 Å². The Balaban J connectivity index is 2.27. The van der Waals surface area contributed by atoms with Crippen LogP contribution in [0.25, 0.3) is 0 Å². The maximum Gasteiger partial charge on any atom is 0.153 e. The maximum absolute atomic E-state index is 5.80. The summed E-state index contributed by atoms with van der Waals surface area (Å²) in [6.07, 6.45) is 3.32. The van der Waals surface area contributed by atoms with Crippen molar-refractivity contribution in [2.45, 2.75) is 0 Å². The van der Waals surface area contributed by atoms with Gasteiger partial charge in [0.05, 0.1) is 12.8 Å². The van der Waals surface area contributed by atoms with Crippen LogP contribution < -0.4 is 15.2 Å². The van der Waals surface area contributed by atoms with Crippen LogP contribution >= 0.6 is 0 Å². The Bertz CT molecular complexity index is 472. The number of benzene rings is 1. The van der Waals surface area contributed by atoms with Crippen molar-refractivity contribution in [1.29, 1.82) is 0 Å². The molecule has 0 spiro atoms. The first-order chi connectivity index (χ1) is 7.79. The highest BCUT2D eigenvalue weighted by molar-refractivity contribution is 5.56.